The number of hydrogen-bond acceptors (Lipinski definition) is 3. The molecule has 1 aromatic heterocycles. The van der Waals surface area contributed by atoms with Crippen molar-refractivity contribution in [3.05, 3.63) is 47.0 Å². The van der Waals surface area contributed by atoms with Crippen molar-refractivity contribution in [1.82, 2.24) is 10.3 Å². The van der Waals surface area contributed by atoms with Gasteiger partial charge < -0.3 is 20.9 Å². The Hall–Kier alpha value is -2.64. The monoisotopic (exact) mass is 390 g/mol. The smallest absolute Gasteiger partial charge is 0.256 e. The average molecular weight is 391 g/mol. The van der Waals surface area contributed by atoms with Crippen LogP contribution < -0.4 is 16.0 Å². The number of carbonyl (C=O) groups excluding carboxylic acids is 2. The Morgan fingerprint density at radius 2 is 2.19 bits per heavy atom. The summed E-state index contributed by atoms with van der Waals surface area (Å²) in [5.74, 6) is -0.735. The van der Waals surface area contributed by atoms with Crippen molar-refractivity contribution in [2.24, 2.45) is 0 Å². The highest BCUT2D eigenvalue weighted by Crippen LogP contribution is 2.34. The molecule has 6 nitrogen and oxygen atoms in total. The highest BCUT2D eigenvalue weighted by atomic mass is 35.5. The normalized spacial score (nSPS) is 19.6. The van der Waals surface area contributed by atoms with E-state index < -0.39 is 5.82 Å². The summed E-state index contributed by atoms with van der Waals surface area (Å²) in [4.78, 5) is 27.6. The third-order valence-electron chi connectivity index (χ3n) is 4.87. The zero-order chi connectivity index (χ0) is 18.3. The van der Waals surface area contributed by atoms with E-state index in [2.05, 4.69) is 20.9 Å². The molecule has 1 fully saturated rings. The molecule has 0 spiro atoms. The van der Waals surface area contributed by atoms with Gasteiger partial charge in [0.05, 0.1) is 17.3 Å². The van der Waals surface area contributed by atoms with Gasteiger partial charge in [0, 0.05) is 23.1 Å². The van der Waals surface area contributed by atoms with E-state index in [-0.39, 0.29) is 30.3 Å². The van der Waals surface area contributed by atoms with Gasteiger partial charge in [-0.1, -0.05) is 0 Å². The molecule has 0 unspecified atom stereocenters. The van der Waals surface area contributed by atoms with Crippen LogP contribution in [0.25, 0.3) is 11.6 Å². The molecule has 4 N–H and O–H groups in total. The van der Waals surface area contributed by atoms with Crippen molar-refractivity contribution in [1.29, 1.82) is 0 Å². The summed E-state index contributed by atoms with van der Waals surface area (Å²) in [6, 6.07) is 4.03. The maximum atomic E-state index is 13.5. The lowest BCUT2D eigenvalue weighted by atomic mass is 10.0. The Morgan fingerprint density at radius 3 is 2.93 bits per heavy atom. The van der Waals surface area contributed by atoms with Crippen LogP contribution >= 0.6 is 12.4 Å². The topological polar surface area (TPSA) is 86.0 Å². The predicted octanol–water partition coefficient (Wildman–Crippen LogP) is 3.07. The third kappa shape index (κ3) is 3.61. The number of rotatable bonds is 3. The van der Waals surface area contributed by atoms with E-state index in [1.807, 2.05) is 6.92 Å². The molecule has 2 aliphatic rings. The fourth-order valence-corrected chi connectivity index (χ4v) is 3.37. The molecule has 3 heterocycles. The molecule has 8 heteroatoms. The number of H-pyrrole nitrogens is 1. The van der Waals surface area contributed by atoms with E-state index in [9.17, 15) is 14.0 Å². The second-order valence-corrected chi connectivity index (χ2v) is 6.58. The highest BCUT2D eigenvalue weighted by Gasteiger charge is 2.26. The third-order valence-corrected chi connectivity index (χ3v) is 4.87. The molecule has 142 valence electrons. The summed E-state index contributed by atoms with van der Waals surface area (Å²) in [7, 11) is 0. The van der Waals surface area contributed by atoms with Crippen LogP contribution in [-0.2, 0) is 9.59 Å². The van der Waals surface area contributed by atoms with E-state index in [4.69, 9.17) is 0 Å². The predicted molar refractivity (Wildman–Crippen MR) is 105 cm³/mol. The fraction of sp³-hybridized carbons (Fsp3) is 0.263. The van der Waals surface area contributed by atoms with E-state index >= 15 is 0 Å². The SMILES string of the molecule is Cc1c(NC(=O)[C@@H]2CCCN2)c[nH]c1/C=C1\C(=O)Nc2ccc(F)cc21.Cl. The maximum Gasteiger partial charge on any atom is 0.256 e. The highest BCUT2D eigenvalue weighted by molar-refractivity contribution is 6.34. The van der Waals surface area contributed by atoms with Crippen molar-refractivity contribution in [3.8, 4) is 0 Å². The molecule has 0 saturated carbocycles. The lowest BCUT2D eigenvalue weighted by molar-refractivity contribution is -0.117. The molecular formula is C19H20ClFN4O2. The van der Waals surface area contributed by atoms with Crippen molar-refractivity contribution in [2.45, 2.75) is 25.8 Å². The van der Waals surface area contributed by atoms with Crippen molar-refractivity contribution in [2.75, 3.05) is 17.2 Å². The lowest BCUT2D eigenvalue weighted by Crippen LogP contribution is -2.35. The van der Waals surface area contributed by atoms with Gasteiger partial charge in [0.15, 0.2) is 0 Å². The zero-order valence-electron chi connectivity index (χ0n) is 14.7. The van der Waals surface area contributed by atoms with Crippen LogP contribution in [0.5, 0.6) is 0 Å². The summed E-state index contributed by atoms with van der Waals surface area (Å²) in [6.45, 7) is 2.71. The molecule has 1 saturated heterocycles. The number of anilines is 2. The summed E-state index contributed by atoms with van der Waals surface area (Å²) in [5.41, 5.74) is 3.70. The van der Waals surface area contributed by atoms with Crippen LogP contribution in [0, 0.1) is 12.7 Å². The van der Waals surface area contributed by atoms with Gasteiger partial charge in [0.25, 0.3) is 5.91 Å². The molecule has 0 radical (unpaired) electrons. The first-order valence-electron chi connectivity index (χ1n) is 8.58. The van der Waals surface area contributed by atoms with Gasteiger partial charge in [0.1, 0.15) is 5.82 Å². The number of aromatic amines is 1. The minimum absolute atomic E-state index is 0. The van der Waals surface area contributed by atoms with Crippen LogP contribution in [0.4, 0.5) is 15.8 Å². The molecule has 2 aliphatic heterocycles. The summed E-state index contributed by atoms with van der Waals surface area (Å²) in [5, 5.41) is 8.80. The first kappa shape index (κ1) is 19.1. The Kier molecular flexibility index (Phi) is 5.34. The molecule has 2 aromatic rings. The van der Waals surface area contributed by atoms with Crippen LogP contribution in [-0.4, -0.2) is 29.4 Å². The number of amides is 2. The number of hydrogen-bond donors (Lipinski definition) is 4. The number of fused-ring (bicyclic) bond motifs is 1. The quantitative estimate of drug-likeness (QED) is 0.607. The molecule has 4 rings (SSSR count). The van der Waals surface area contributed by atoms with Gasteiger partial charge >= 0.3 is 0 Å². The number of nitrogens with one attached hydrogen (secondary N) is 4. The van der Waals surface area contributed by atoms with Gasteiger partial charge in [-0.15, -0.1) is 12.4 Å². The maximum absolute atomic E-state index is 13.5. The van der Waals surface area contributed by atoms with Gasteiger partial charge in [-0.3, -0.25) is 9.59 Å². The van der Waals surface area contributed by atoms with Crippen molar-refractivity contribution in [3.63, 3.8) is 0 Å². The molecule has 1 aromatic carbocycles. The van der Waals surface area contributed by atoms with Crippen LogP contribution in [0.1, 0.15) is 29.7 Å². The van der Waals surface area contributed by atoms with Crippen LogP contribution in [0.2, 0.25) is 0 Å². The molecule has 27 heavy (non-hydrogen) atoms. The largest absolute Gasteiger partial charge is 0.360 e. The van der Waals surface area contributed by atoms with Crippen molar-refractivity contribution < 1.29 is 14.0 Å². The van der Waals surface area contributed by atoms with Gasteiger partial charge in [-0.25, -0.2) is 4.39 Å². The van der Waals surface area contributed by atoms with Crippen molar-refractivity contribution >= 4 is 47.2 Å². The molecule has 1 atom stereocenters. The number of benzene rings is 1. The molecule has 0 aliphatic carbocycles. The Labute approximate surface area is 162 Å². The van der Waals surface area contributed by atoms with Gasteiger partial charge in [0.2, 0.25) is 5.91 Å². The van der Waals surface area contributed by atoms with Gasteiger partial charge in [-0.2, -0.15) is 0 Å². The van der Waals surface area contributed by atoms with E-state index in [0.29, 0.717) is 28.2 Å². The Balaban J connectivity index is 0.00000210. The van der Waals surface area contributed by atoms with E-state index in [0.717, 1.165) is 24.9 Å². The second kappa shape index (κ2) is 7.54. The minimum atomic E-state index is -0.397. The van der Waals surface area contributed by atoms with Crippen LogP contribution in [0.3, 0.4) is 0 Å². The zero-order valence-corrected chi connectivity index (χ0v) is 15.5. The first-order chi connectivity index (χ1) is 12.5. The molecule has 0 bridgehead atoms. The lowest BCUT2D eigenvalue weighted by Gasteiger charge is -2.10. The average Bonchev–Trinajstić information content (AvgIpc) is 3.32. The van der Waals surface area contributed by atoms with E-state index in [1.54, 1.807) is 18.3 Å². The molecular weight excluding hydrogens is 371 g/mol. The standard InChI is InChI=1S/C19H19FN4O2.ClH/c1-10-16(22-9-17(10)24-19(26)15-3-2-6-21-15)8-13-12-7-11(20)4-5-14(12)23-18(13)25;/h4-5,7-9,15,21-22H,2-3,6H2,1H3,(H,23,25)(H,24,26);1H/b13-8-;/t15-;/m0./s1. The number of carbonyl (C=O) groups is 2. The van der Waals surface area contributed by atoms with Crippen LogP contribution in [0.15, 0.2) is 24.4 Å². The number of halogens is 2. The number of aromatic nitrogens is 1. The summed E-state index contributed by atoms with van der Waals surface area (Å²) < 4.78 is 13.5. The molecule has 2 amide bonds. The summed E-state index contributed by atoms with van der Waals surface area (Å²) >= 11 is 0. The Morgan fingerprint density at radius 1 is 1.37 bits per heavy atom. The minimum Gasteiger partial charge on any atom is -0.360 e. The first-order valence-corrected chi connectivity index (χ1v) is 8.58. The van der Waals surface area contributed by atoms with E-state index in [1.165, 1.54) is 12.1 Å². The second-order valence-electron chi connectivity index (χ2n) is 6.58. The van der Waals surface area contributed by atoms with Gasteiger partial charge in [-0.05, 0) is 56.1 Å². The summed E-state index contributed by atoms with van der Waals surface area (Å²) in [6.07, 6.45) is 5.20. The fourth-order valence-electron chi connectivity index (χ4n) is 3.37. The Bertz CT molecular complexity index is 932.